The molecule has 0 radical (unpaired) electrons. The van der Waals surface area contributed by atoms with Gasteiger partial charge in [0.15, 0.2) is 0 Å². The summed E-state index contributed by atoms with van der Waals surface area (Å²) in [6.07, 6.45) is 35.3. The average Bonchev–Trinajstić information content (AvgIpc) is 2.88. The fourth-order valence-electron chi connectivity index (χ4n) is 5.01. The van der Waals surface area contributed by atoms with Gasteiger partial charge in [0.05, 0.1) is 12.1 Å². The van der Waals surface area contributed by atoms with Gasteiger partial charge in [0.1, 0.15) is 6.61 Å². The van der Waals surface area contributed by atoms with Crippen LogP contribution >= 0.6 is 0 Å². The van der Waals surface area contributed by atoms with Crippen molar-refractivity contribution < 1.29 is 14.7 Å². The van der Waals surface area contributed by atoms with Crippen molar-refractivity contribution in [2.75, 3.05) is 6.61 Å². The topological polar surface area (TPSA) is 58.9 Å². The summed E-state index contributed by atoms with van der Waals surface area (Å²) >= 11 is 0. The van der Waals surface area contributed by atoms with Crippen LogP contribution in [0.1, 0.15) is 194 Å². The molecule has 0 aromatic heterocycles. The normalized spacial score (nSPS) is 11.8. The molecule has 0 fully saturated rings. The van der Waals surface area contributed by atoms with Gasteiger partial charge < -0.3 is 9.94 Å². The first-order valence-corrected chi connectivity index (χ1v) is 16.6. The Bertz CT molecular complexity index is 492. The number of oxime groups is 1. The number of carboxylic acids is 1. The third-order valence-corrected chi connectivity index (χ3v) is 7.46. The van der Waals surface area contributed by atoms with E-state index in [0.29, 0.717) is 12.3 Å². The van der Waals surface area contributed by atoms with Gasteiger partial charge in [-0.05, 0) is 25.7 Å². The minimum atomic E-state index is -0.807. The summed E-state index contributed by atoms with van der Waals surface area (Å²) in [5.41, 5.74) is 0.699. The van der Waals surface area contributed by atoms with Crippen molar-refractivity contribution in [3.63, 3.8) is 0 Å². The molecule has 0 saturated heterocycles. The molecular weight excluding hydrogens is 458 g/mol. The minimum absolute atomic E-state index is 0.0108. The molecule has 0 amide bonds. The van der Waals surface area contributed by atoms with Crippen molar-refractivity contribution in [1.82, 2.24) is 0 Å². The molecule has 0 aliphatic heterocycles. The van der Waals surface area contributed by atoms with Gasteiger partial charge in [-0.2, -0.15) is 0 Å². The van der Waals surface area contributed by atoms with Crippen LogP contribution in [0.25, 0.3) is 0 Å². The van der Waals surface area contributed by atoms with Crippen molar-refractivity contribution in [1.29, 1.82) is 0 Å². The molecule has 0 spiro atoms. The fourth-order valence-corrected chi connectivity index (χ4v) is 5.01. The molecule has 220 valence electrons. The maximum absolute atomic E-state index is 11.2. The van der Waals surface area contributed by atoms with E-state index in [1.54, 1.807) is 0 Å². The van der Waals surface area contributed by atoms with E-state index >= 15 is 0 Å². The number of hydrogen-bond donors (Lipinski definition) is 1. The monoisotopic (exact) mass is 523 g/mol. The number of aliphatic carboxylic acids is 1. The van der Waals surface area contributed by atoms with Gasteiger partial charge >= 0.3 is 5.97 Å². The molecule has 0 bridgehead atoms. The van der Waals surface area contributed by atoms with E-state index in [1.807, 2.05) is 0 Å². The van der Waals surface area contributed by atoms with E-state index in [2.05, 4.69) is 19.0 Å². The Morgan fingerprint density at radius 1 is 0.514 bits per heavy atom. The van der Waals surface area contributed by atoms with Crippen LogP contribution in [-0.4, -0.2) is 23.4 Å². The summed E-state index contributed by atoms with van der Waals surface area (Å²) in [5.74, 6) is -0.807. The third kappa shape index (κ3) is 31.1. The maximum Gasteiger partial charge on any atom is 0.309 e. The van der Waals surface area contributed by atoms with Crippen LogP contribution in [0.2, 0.25) is 0 Å². The highest BCUT2D eigenvalue weighted by molar-refractivity contribution is 5.97. The Hall–Kier alpha value is -1.06. The standard InChI is InChI=1S/C33H65NO3/c1-3-5-7-9-11-13-15-17-19-21-23-25-27-29-32(31-33(35)36)34-37-30-28-26-24-22-20-18-16-14-12-10-8-6-4-2/h3-31H2,1-2H3,(H,35,36)/b34-32+. The van der Waals surface area contributed by atoms with Crippen LogP contribution in [-0.2, 0) is 9.63 Å². The molecule has 0 aliphatic rings. The fraction of sp³-hybridized carbons (Fsp3) is 0.939. The summed E-state index contributed by atoms with van der Waals surface area (Å²) in [7, 11) is 0. The quantitative estimate of drug-likeness (QED) is 0.0558. The number of unbranched alkanes of at least 4 members (excludes halogenated alkanes) is 24. The Morgan fingerprint density at radius 2 is 0.838 bits per heavy atom. The van der Waals surface area contributed by atoms with Crippen LogP contribution in [0.4, 0.5) is 0 Å². The van der Waals surface area contributed by atoms with E-state index in [9.17, 15) is 9.90 Å². The van der Waals surface area contributed by atoms with Crippen LogP contribution in [0.3, 0.4) is 0 Å². The zero-order chi connectivity index (χ0) is 27.1. The van der Waals surface area contributed by atoms with Gasteiger partial charge in [0, 0.05) is 0 Å². The van der Waals surface area contributed by atoms with Gasteiger partial charge in [-0.15, -0.1) is 0 Å². The lowest BCUT2D eigenvalue weighted by Crippen LogP contribution is -2.08. The van der Waals surface area contributed by atoms with Crippen molar-refractivity contribution >= 4 is 11.7 Å². The van der Waals surface area contributed by atoms with Gasteiger partial charge in [-0.25, -0.2) is 0 Å². The number of rotatable bonds is 31. The molecule has 0 aliphatic carbocycles. The van der Waals surface area contributed by atoms with E-state index < -0.39 is 5.97 Å². The number of nitrogens with zero attached hydrogens (tertiary/aromatic N) is 1. The maximum atomic E-state index is 11.2. The molecular formula is C33H65NO3. The van der Waals surface area contributed by atoms with Gasteiger partial charge in [-0.3, -0.25) is 4.79 Å². The molecule has 0 aromatic carbocycles. The number of carboxylic acid groups (broad SMARTS) is 1. The highest BCUT2D eigenvalue weighted by Gasteiger charge is 2.07. The average molecular weight is 524 g/mol. The largest absolute Gasteiger partial charge is 0.481 e. The van der Waals surface area contributed by atoms with Crippen LogP contribution in [0.5, 0.6) is 0 Å². The molecule has 4 nitrogen and oxygen atoms in total. The molecule has 1 N–H and O–H groups in total. The zero-order valence-corrected chi connectivity index (χ0v) is 25.2. The first kappa shape index (κ1) is 35.9. The van der Waals surface area contributed by atoms with Gasteiger partial charge in [0.2, 0.25) is 0 Å². The molecule has 0 aromatic rings. The zero-order valence-electron chi connectivity index (χ0n) is 25.2. The second-order valence-corrected chi connectivity index (χ2v) is 11.3. The second kappa shape index (κ2) is 31.2. The van der Waals surface area contributed by atoms with E-state index in [-0.39, 0.29) is 6.42 Å². The lowest BCUT2D eigenvalue weighted by molar-refractivity contribution is -0.135. The Kier molecular flexibility index (Phi) is 30.3. The molecule has 0 heterocycles. The molecule has 0 rings (SSSR count). The number of carbonyl (C=O) groups is 1. The smallest absolute Gasteiger partial charge is 0.309 e. The highest BCUT2D eigenvalue weighted by atomic mass is 16.6. The van der Waals surface area contributed by atoms with Gasteiger partial charge in [-0.1, -0.05) is 167 Å². The van der Waals surface area contributed by atoms with Crippen LogP contribution in [0, 0.1) is 0 Å². The first-order chi connectivity index (χ1) is 18.2. The molecule has 0 saturated carbocycles. The van der Waals surface area contributed by atoms with E-state index in [4.69, 9.17) is 4.84 Å². The predicted octanol–water partition coefficient (Wildman–Crippen LogP) is 11.4. The van der Waals surface area contributed by atoms with Crippen molar-refractivity contribution in [3.05, 3.63) is 0 Å². The summed E-state index contributed by atoms with van der Waals surface area (Å²) in [6.45, 7) is 5.16. The molecule has 0 unspecified atom stereocenters. The van der Waals surface area contributed by atoms with Crippen molar-refractivity contribution in [2.24, 2.45) is 5.16 Å². The SMILES string of the molecule is CCCCCCCCCCCCCCCO/N=C(\CCCCCCCCCCCCCCC)CC(=O)O. The van der Waals surface area contributed by atoms with Crippen LogP contribution in [0.15, 0.2) is 5.16 Å². The molecule has 4 heteroatoms. The Morgan fingerprint density at radius 3 is 1.19 bits per heavy atom. The lowest BCUT2D eigenvalue weighted by Gasteiger charge is -2.06. The lowest BCUT2D eigenvalue weighted by atomic mass is 10.0. The summed E-state index contributed by atoms with van der Waals surface area (Å²) in [6, 6.07) is 0. The summed E-state index contributed by atoms with van der Waals surface area (Å²) < 4.78 is 0. The highest BCUT2D eigenvalue weighted by Crippen LogP contribution is 2.14. The second-order valence-electron chi connectivity index (χ2n) is 11.3. The Balaban J connectivity index is 3.58. The van der Waals surface area contributed by atoms with Gasteiger partial charge in [0.25, 0.3) is 0 Å². The summed E-state index contributed by atoms with van der Waals surface area (Å²) in [5, 5.41) is 13.4. The van der Waals surface area contributed by atoms with Crippen molar-refractivity contribution in [3.8, 4) is 0 Å². The molecule has 37 heavy (non-hydrogen) atoms. The third-order valence-electron chi connectivity index (χ3n) is 7.46. The first-order valence-electron chi connectivity index (χ1n) is 16.6. The van der Waals surface area contributed by atoms with Crippen LogP contribution < -0.4 is 0 Å². The van der Waals surface area contributed by atoms with E-state index in [0.717, 1.165) is 25.7 Å². The summed E-state index contributed by atoms with van der Waals surface area (Å²) in [4.78, 5) is 16.7. The Labute approximate surface area is 231 Å². The predicted molar refractivity (Wildman–Crippen MR) is 162 cm³/mol. The number of hydrogen-bond acceptors (Lipinski definition) is 3. The minimum Gasteiger partial charge on any atom is -0.481 e. The molecule has 0 atom stereocenters. The van der Waals surface area contributed by atoms with E-state index in [1.165, 1.54) is 148 Å². The van der Waals surface area contributed by atoms with Crippen molar-refractivity contribution in [2.45, 2.75) is 194 Å².